The third kappa shape index (κ3) is 1.88. The quantitative estimate of drug-likeness (QED) is 0.578. The largest absolute Gasteiger partial charge is 0.465 e. The standard InChI is InChI=1S/C13H22O3/c1-4-13(15,5-2)12(9-7-8-10-12)11(14)16-6-3/h7-8,15H,4-6,9-10H2,1-3H3. The van der Waals surface area contributed by atoms with Crippen LogP contribution in [0.5, 0.6) is 0 Å². The van der Waals surface area contributed by atoms with Crippen molar-refractivity contribution in [2.75, 3.05) is 6.61 Å². The van der Waals surface area contributed by atoms with Crippen LogP contribution in [0.25, 0.3) is 0 Å². The minimum absolute atomic E-state index is 0.258. The molecule has 0 radical (unpaired) electrons. The van der Waals surface area contributed by atoms with Crippen molar-refractivity contribution >= 4 is 5.97 Å². The van der Waals surface area contributed by atoms with Gasteiger partial charge >= 0.3 is 5.97 Å². The van der Waals surface area contributed by atoms with Gasteiger partial charge in [-0.15, -0.1) is 0 Å². The van der Waals surface area contributed by atoms with E-state index < -0.39 is 11.0 Å². The molecule has 0 amide bonds. The highest BCUT2D eigenvalue weighted by molar-refractivity contribution is 5.79. The Morgan fingerprint density at radius 3 is 2.19 bits per heavy atom. The van der Waals surface area contributed by atoms with Crippen LogP contribution < -0.4 is 0 Å². The monoisotopic (exact) mass is 226 g/mol. The first-order valence-corrected chi connectivity index (χ1v) is 6.11. The minimum atomic E-state index is -0.956. The molecule has 0 saturated heterocycles. The van der Waals surface area contributed by atoms with Crippen LogP contribution in [0.4, 0.5) is 0 Å². The molecule has 16 heavy (non-hydrogen) atoms. The van der Waals surface area contributed by atoms with Gasteiger partial charge in [-0.05, 0) is 32.6 Å². The SMILES string of the molecule is CCOC(=O)C1(C(O)(CC)CC)CC=CC1. The highest BCUT2D eigenvalue weighted by Crippen LogP contribution is 2.47. The molecule has 92 valence electrons. The van der Waals surface area contributed by atoms with E-state index in [9.17, 15) is 9.90 Å². The molecule has 0 unspecified atom stereocenters. The Hall–Kier alpha value is -0.830. The molecule has 1 N–H and O–H groups in total. The van der Waals surface area contributed by atoms with E-state index >= 15 is 0 Å². The van der Waals surface area contributed by atoms with Crippen molar-refractivity contribution in [3.05, 3.63) is 12.2 Å². The number of carbonyl (C=O) groups is 1. The summed E-state index contributed by atoms with van der Waals surface area (Å²) in [5, 5.41) is 10.6. The predicted octanol–water partition coefficient (Wildman–Crippen LogP) is 2.44. The Morgan fingerprint density at radius 2 is 1.81 bits per heavy atom. The van der Waals surface area contributed by atoms with Gasteiger partial charge in [0.1, 0.15) is 5.41 Å². The molecule has 0 spiro atoms. The summed E-state index contributed by atoms with van der Waals surface area (Å²) in [6.45, 7) is 6.00. The lowest BCUT2D eigenvalue weighted by Gasteiger charge is -2.42. The molecule has 3 nitrogen and oxygen atoms in total. The summed E-state index contributed by atoms with van der Waals surface area (Å²) in [7, 11) is 0. The van der Waals surface area contributed by atoms with E-state index in [1.54, 1.807) is 6.92 Å². The highest BCUT2D eigenvalue weighted by atomic mass is 16.5. The Bertz CT molecular complexity index is 269. The highest BCUT2D eigenvalue weighted by Gasteiger charge is 2.54. The van der Waals surface area contributed by atoms with Gasteiger partial charge in [-0.2, -0.15) is 0 Å². The third-order valence-corrected chi connectivity index (χ3v) is 3.83. The number of esters is 1. The van der Waals surface area contributed by atoms with E-state index in [1.165, 1.54) is 0 Å². The lowest BCUT2D eigenvalue weighted by molar-refractivity contribution is -0.175. The number of hydrogen-bond acceptors (Lipinski definition) is 3. The molecule has 0 aromatic carbocycles. The molecule has 0 saturated carbocycles. The van der Waals surface area contributed by atoms with E-state index in [0.717, 1.165) is 0 Å². The second kappa shape index (κ2) is 5.00. The van der Waals surface area contributed by atoms with Crippen molar-refractivity contribution in [1.82, 2.24) is 0 Å². The van der Waals surface area contributed by atoms with Crippen LogP contribution in [0.1, 0.15) is 46.5 Å². The van der Waals surface area contributed by atoms with E-state index in [2.05, 4.69) is 0 Å². The Labute approximate surface area is 97.5 Å². The van der Waals surface area contributed by atoms with Crippen LogP contribution >= 0.6 is 0 Å². The predicted molar refractivity (Wildman–Crippen MR) is 63.0 cm³/mol. The molecule has 0 atom stereocenters. The summed E-state index contributed by atoms with van der Waals surface area (Å²) in [6, 6.07) is 0. The molecule has 0 bridgehead atoms. The van der Waals surface area contributed by atoms with Crippen LogP contribution in [-0.4, -0.2) is 23.3 Å². The van der Waals surface area contributed by atoms with Crippen LogP contribution in [0.3, 0.4) is 0 Å². The van der Waals surface area contributed by atoms with Crippen molar-refractivity contribution in [2.24, 2.45) is 5.41 Å². The normalized spacial score (nSPS) is 18.8. The number of carbonyl (C=O) groups excluding carboxylic acids is 1. The van der Waals surface area contributed by atoms with Crippen LogP contribution in [-0.2, 0) is 9.53 Å². The van der Waals surface area contributed by atoms with Gasteiger partial charge in [0.15, 0.2) is 0 Å². The molecule has 0 aliphatic heterocycles. The fourth-order valence-electron chi connectivity index (χ4n) is 2.58. The van der Waals surface area contributed by atoms with Gasteiger partial charge in [0.25, 0.3) is 0 Å². The summed E-state index contributed by atoms with van der Waals surface area (Å²) in [5.74, 6) is -0.258. The van der Waals surface area contributed by atoms with Crippen LogP contribution in [0.2, 0.25) is 0 Å². The van der Waals surface area contributed by atoms with Gasteiger partial charge in [0, 0.05) is 0 Å². The van der Waals surface area contributed by atoms with Crippen molar-refractivity contribution in [2.45, 2.75) is 52.1 Å². The molecular formula is C13H22O3. The number of hydrogen-bond donors (Lipinski definition) is 1. The first kappa shape index (κ1) is 13.2. The fourth-order valence-corrected chi connectivity index (χ4v) is 2.58. The minimum Gasteiger partial charge on any atom is -0.465 e. The molecule has 1 rings (SSSR count). The summed E-state index contributed by atoms with van der Waals surface area (Å²) in [5.41, 5.74) is -1.71. The molecular weight excluding hydrogens is 204 g/mol. The number of ether oxygens (including phenoxy) is 1. The summed E-state index contributed by atoms with van der Waals surface area (Å²) >= 11 is 0. The average molecular weight is 226 g/mol. The number of aliphatic hydroxyl groups is 1. The molecule has 1 aliphatic rings. The average Bonchev–Trinajstić information content (AvgIpc) is 2.79. The third-order valence-electron chi connectivity index (χ3n) is 3.83. The first-order chi connectivity index (χ1) is 7.56. The van der Waals surface area contributed by atoms with Gasteiger partial charge in [-0.25, -0.2) is 0 Å². The fraction of sp³-hybridized carbons (Fsp3) is 0.769. The lowest BCUT2D eigenvalue weighted by Crippen LogP contribution is -2.52. The van der Waals surface area contributed by atoms with Crippen LogP contribution in [0, 0.1) is 5.41 Å². The van der Waals surface area contributed by atoms with E-state index in [1.807, 2.05) is 26.0 Å². The Morgan fingerprint density at radius 1 is 1.31 bits per heavy atom. The zero-order valence-electron chi connectivity index (χ0n) is 10.5. The molecule has 1 aliphatic carbocycles. The summed E-state index contributed by atoms with van der Waals surface area (Å²) in [6.07, 6.45) is 6.25. The maximum absolute atomic E-state index is 12.1. The van der Waals surface area contributed by atoms with Gasteiger partial charge < -0.3 is 9.84 Å². The summed E-state index contributed by atoms with van der Waals surface area (Å²) < 4.78 is 5.14. The van der Waals surface area contributed by atoms with E-state index in [4.69, 9.17) is 4.74 Å². The van der Waals surface area contributed by atoms with E-state index in [-0.39, 0.29) is 5.97 Å². The van der Waals surface area contributed by atoms with Gasteiger partial charge in [0.05, 0.1) is 12.2 Å². The molecule has 0 aromatic rings. The molecule has 0 aromatic heterocycles. The molecule has 0 fully saturated rings. The second-order valence-electron chi connectivity index (χ2n) is 4.42. The Balaban J connectivity index is 3.01. The maximum Gasteiger partial charge on any atom is 0.315 e. The van der Waals surface area contributed by atoms with Gasteiger partial charge in [0.2, 0.25) is 0 Å². The van der Waals surface area contributed by atoms with Crippen molar-refractivity contribution in [3.63, 3.8) is 0 Å². The van der Waals surface area contributed by atoms with Crippen molar-refractivity contribution < 1.29 is 14.6 Å². The van der Waals surface area contributed by atoms with Crippen molar-refractivity contribution in [3.8, 4) is 0 Å². The lowest BCUT2D eigenvalue weighted by atomic mass is 9.67. The zero-order valence-corrected chi connectivity index (χ0v) is 10.5. The van der Waals surface area contributed by atoms with Crippen molar-refractivity contribution in [1.29, 1.82) is 0 Å². The summed E-state index contributed by atoms with van der Waals surface area (Å²) in [4.78, 5) is 12.1. The molecule has 3 heteroatoms. The first-order valence-electron chi connectivity index (χ1n) is 6.11. The topological polar surface area (TPSA) is 46.5 Å². The second-order valence-corrected chi connectivity index (χ2v) is 4.42. The zero-order chi connectivity index (χ0) is 12.2. The van der Waals surface area contributed by atoms with E-state index in [0.29, 0.717) is 32.3 Å². The van der Waals surface area contributed by atoms with Gasteiger partial charge in [-0.3, -0.25) is 4.79 Å². The van der Waals surface area contributed by atoms with Gasteiger partial charge in [-0.1, -0.05) is 26.0 Å². The maximum atomic E-state index is 12.1. The van der Waals surface area contributed by atoms with Crippen LogP contribution in [0.15, 0.2) is 12.2 Å². The number of rotatable bonds is 5. The molecule has 0 heterocycles. The number of allylic oxidation sites excluding steroid dienone is 2. The Kier molecular flexibility index (Phi) is 4.14. The smallest absolute Gasteiger partial charge is 0.315 e.